The summed E-state index contributed by atoms with van der Waals surface area (Å²) in [6.45, 7) is 6.63. The van der Waals surface area contributed by atoms with Crippen LogP contribution in [0.4, 0.5) is 0 Å². The number of aryl methyl sites for hydroxylation is 2. The highest BCUT2D eigenvalue weighted by molar-refractivity contribution is 5.60. The van der Waals surface area contributed by atoms with Crippen LogP contribution in [0.25, 0.3) is 0 Å². The summed E-state index contributed by atoms with van der Waals surface area (Å²) in [6.07, 6.45) is 16.3. The molecule has 0 radical (unpaired) electrons. The van der Waals surface area contributed by atoms with Crippen molar-refractivity contribution in [3.63, 3.8) is 0 Å². The van der Waals surface area contributed by atoms with Gasteiger partial charge >= 0.3 is 0 Å². The molecule has 3 nitrogen and oxygen atoms in total. The number of carbonyl (C=O) groups is 1. The lowest BCUT2D eigenvalue weighted by atomic mass is 10.1. The summed E-state index contributed by atoms with van der Waals surface area (Å²) >= 11 is 0. The molecule has 0 saturated carbocycles. The van der Waals surface area contributed by atoms with Gasteiger partial charge < -0.3 is 9.90 Å². The number of rotatable bonds is 11. The number of pyridine rings is 1. The first-order valence-electron chi connectivity index (χ1n) is 9.20. The maximum absolute atomic E-state index is 8.89. The minimum atomic E-state index is -1.08. The maximum atomic E-state index is 8.89. The lowest BCUT2D eigenvalue weighted by molar-refractivity contribution is -0.703. The van der Waals surface area contributed by atoms with Crippen molar-refractivity contribution in [1.82, 2.24) is 0 Å². The van der Waals surface area contributed by atoms with Gasteiger partial charge in [0.2, 0.25) is 0 Å². The number of hydrogen-bond acceptors (Lipinski definition) is 2. The summed E-state index contributed by atoms with van der Waals surface area (Å²) in [5.74, 6) is -1.08. The number of hydrogen-bond donors (Lipinski definition) is 0. The van der Waals surface area contributed by atoms with E-state index in [2.05, 4.69) is 42.8 Å². The van der Waals surface area contributed by atoms with E-state index >= 15 is 0 Å². The standard InChI is InChI=1S/C18H32N.C2H4O2/c1-3-4-5-6-7-8-9-10-11-13-16-19-17-14-12-15-18(19)2;1-2(3)4/h12,14-15,17H,3-11,13,16H2,1-2H3;1H3,(H,3,4)/q+1;/p-1. The van der Waals surface area contributed by atoms with Crippen molar-refractivity contribution in [1.29, 1.82) is 0 Å². The Hall–Kier alpha value is -1.38. The van der Waals surface area contributed by atoms with Crippen molar-refractivity contribution in [3.05, 3.63) is 30.1 Å². The smallest absolute Gasteiger partial charge is 0.178 e. The minimum absolute atomic E-state index is 0.972. The number of carbonyl (C=O) groups excluding carboxylic acids is 1. The molecule has 0 amide bonds. The van der Waals surface area contributed by atoms with Crippen LogP contribution in [0.1, 0.15) is 83.7 Å². The lowest BCUT2D eigenvalue weighted by Crippen LogP contribution is -2.36. The Morgan fingerprint density at radius 2 is 1.43 bits per heavy atom. The van der Waals surface area contributed by atoms with Gasteiger partial charge in [0.15, 0.2) is 11.9 Å². The van der Waals surface area contributed by atoms with Crippen molar-refractivity contribution in [2.24, 2.45) is 0 Å². The van der Waals surface area contributed by atoms with Crippen LogP contribution in [0, 0.1) is 6.92 Å². The average Bonchev–Trinajstić information content (AvgIpc) is 2.50. The highest BCUT2D eigenvalue weighted by atomic mass is 16.4. The Labute approximate surface area is 142 Å². The quantitative estimate of drug-likeness (QED) is 0.457. The van der Waals surface area contributed by atoms with Gasteiger partial charge in [0.25, 0.3) is 0 Å². The molecule has 0 fully saturated rings. The second kappa shape index (κ2) is 15.5. The first kappa shape index (κ1) is 21.6. The van der Waals surface area contributed by atoms with E-state index in [1.54, 1.807) is 0 Å². The molecule has 0 bridgehead atoms. The summed E-state index contributed by atoms with van der Waals surface area (Å²) in [7, 11) is 0. The fourth-order valence-electron chi connectivity index (χ4n) is 2.58. The van der Waals surface area contributed by atoms with Crippen LogP contribution in [0.3, 0.4) is 0 Å². The average molecular weight is 322 g/mol. The van der Waals surface area contributed by atoms with E-state index in [4.69, 9.17) is 9.90 Å². The molecule has 0 aliphatic heterocycles. The number of carboxylic acids is 1. The van der Waals surface area contributed by atoms with Gasteiger partial charge in [0, 0.05) is 31.4 Å². The van der Waals surface area contributed by atoms with Crippen LogP contribution in [0.15, 0.2) is 24.4 Å². The Morgan fingerprint density at radius 1 is 0.957 bits per heavy atom. The van der Waals surface area contributed by atoms with Crippen LogP contribution < -0.4 is 9.67 Å². The number of unbranched alkanes of at least 4 members (excludes halogenated alkanes) is 9. The zero-order valence-electron chi connectivity index (χ0n) is 15.4. The molecular weight excluding hydrogens is 286 g/mol. The molecule has 0 aliphatic carbocycles. The minimum Gasteiger partial charge on any atom is -0.550 e. The largest absolute Gasteiger partial charge is 0.550 e. The Balaban J connectivity index is 0.00000108. The highest BCUT2D eigenvalue weighted by Gasteiger charge is 2.02. The molecular formula is C20H35NO2. The van der Waals surface area contributed by atoms with Crippen LogP contribution in [0.2, 0.25) is 0 Å². The predicted octanol–water partition coefficient (Wildman–Crippen LogP) is 3.96. The molecule has 1 heterocycles. The third-order valence-corrected chi connectivity index (χ3v) is 3.92. The number of nitrogens with zero attached hydrogens (tertiary/aromatic N) is 1. The third kappa shape index (κ3) is 15.3. The van der Waals surface area contributed by atoms with Gasteiger partial charge in [-0.3, -0.25) is 0 Å². The topological polar surface area (TPSA) is 44.0 Å². The lowest BCUT2D eigenvalue weighted by Gasteiger charge is -2.02. The van der Waals surface area contributed by atoms with Gasteiger partial charge in [-0.15, -0.1) is 0 Å². The fourth-order valence-corrected chi connectivity index (χ4v) is 2.58. The fraction of sp³-hybridized carbons (Fsp3) is 0.700. The van der Waals surface area contributed by atoms with E-state index in [1.165, 1.54) is 76.4 Å². The monoisotopic (exact) mass is 321 g/mol. The van der Waals surface area contributed by atoms with Gasteiger partial charge in [0.1, 0.15) is 6.54 Å². The van der Waals surface area contributed by atoms with Gasteiger partial charge in [0.05, 0.1) is 0 Å². The first-order valence-corrected chi connectivity index (χ1v) is 9.20. The van der Waals surface area contributed by atoms with Gasteiger partial charge in [-0.25, -0.2) is 4.57 Å². The molecule has 0 N–H and O–H groups in total. The second-order valence-electron chi connectivity index (χ2n) is 6.21. The zero-order chi connectivity index (χ0) is 17.3. The van der Waals surface area contributed by atoms with Crippen molar-refractivity contribution in [2.45, 2.75) is 91.5 Å². The van der Waals surface area contributed by atoms with Gasteiger partial charge in [-0.05, 0) is 13.3 Å². The molecule has 0 saturated heterocycles. The van der Waals surface area contributed by atoms with Crippen molar-refractivity contribution in [3.8, 4) is 0 Å². The summed E-state index contributed by atoms with van der Waals surface area (Å²) in [5, 5.41) is 8.89. The number of aliphatic carboxylic acids is 1. The predicted molar refractivity (Wildman–Crippen MR) is 93.9 cm³/mol. The Morgan fingerprint density at radius 3 is 1.91 bits per heavy atom. The molecule has 0 aromatic carbocycles. The van der Waals surface area contributed by atoms with Crippen LogP contribution in [-0.4, -0.2) is 5.97 Å². The molecule has 1 aromatic rings. The number of carboxylic acid groups (broad SMARTS) is 1. The van der Waals surface area contributed by atoms with Crippen molar-refractivity contribution < 1.29 is 14.5 Å². The van der Waals surface area contributed by atoms with Crippen LogP contribution in [-0.2, 0) is 11.3 Å². The summed E-state index contributed by atoms with van der Waals surface area (Å²) in [5.41, 5.74) is 1.37. The van der Waals surface area contributed by atoms with Gasteiger partial charge in [-0.1, -0.05) is 64.4 Å². The molecule has 0 spiro atoms. The molecule has 1 aromatic heterocycles. The normalized spacial score (nSPS) is 10.0. The first-order chi connectivity index (χ1) is 11.1. The molecule has 132 valence electrons. The molecule has 23 heavy (non-hydrogen) atoms. The SMILES string of the molecule is CC(=O)[O-].CCCCCCCCCCCC[n+]1ccccc1C. The summed E-state index contributed by atoms with van der Waals surface area (Å²) in [6, 6.07) is 6.43. The molecule has 0 atom stereocenters. The highest BCUT2D eigenvalue weighted by Crippen LogP contribution is 2.10. The van der Waals surface area contributed by atoms with Crippen molar-refractivity contribution >= 4 is 5.97 Å². The van der Waals surface area contributed by atoms with E-state index < -0.39 is 5.97 Å². The number of aromatic nitrogens is 1. The summed E-state index contributed by atoms with van der Waals surface area (Å²) < 4.78 is 2.37. The summed E-state index contributed by atoms with van der Waals surface area (Å²) in [4.78, 5) is 8.89. The molecule has 0 unspecified atom stereocenters. The van der Waals surface area contributed by atoms with E-state index in [-0.39, 0.29) is 0 Å². The molecule has 1 rings (SSSR count). The third-order valence-electron chi connectivity index (χ3n) is 3.92. The Kier molecular flexibility index (Phi) is 14.6. The maximum Gasteiger partial charge on any atom is 0.178 e. The second-order valence-corrected chi connectivity index (χ2v) is 6.21. The Bertz CT molecular complexity index is 400. The van der Waals surface area contributed by atoms with Crippen LogP contribution in [0.5, 0.6) is 0 Å². The van der Waals surface area contributed by atoms with Gasteiger partial charge in [-0.2, -0.15) is 0 Å². The van der Waals surface area contributed by atoms with E-state index in [0.717, 1.165) is 6.92 Å². The van der Waals surface area contributed by atoms with E-state index in [0.29, 0.717) is 0 Å². The van der Waals surface area contributed by atoms with E-state index in [1.807, 2.05) is 0 Å². The molecule has 0 aliphatic rings. The zero-order valence-corrected chi connectivity index (χ0v) is 15.4. The van der Waals surface area contributed by atoms with E-state index in [9.17, 15) is 0 Å². The molecule has 3 heteroatoms. The van der Waals surface area contributed by atoms with Crippen LogP contribution >= 0.6 is 0 Å². The van der Waals surface area contributed by atoms with Crippen molar-refractivity contribution in [2.75, 3.05) is 0 Å².